The Morgan fingerprint density at radius 3 is 2.52 bits per heavy atom. The third kappa shape index (κ3) is 3.92. The molecule has 5 heteroatoms. The number of aryl methyl sites for hydroxylation is 3. The van der Waals surface area contributed by atoms with Crippen molar-refractivity contribution in [2.75, 3.05) is 0 Å². The molecular weight excluding hydrogens is 347 g/mol. The van der Waals surface area contributed by atoms with Crippen LogP contribution in [0.5, 0.6) is 5.75 Å². The van der Waals surface area contributed by atoms with Crippen molar-refractivity contribution in [2.45, 2.75) is 40.7 Å². The number of ether oxygens (including phenoxy) is 1. The molecule has 0 spiro atoms. The first-order valence-corrected chi connectivity index (χ1v) is 8.70. The van der Waals surface area contributed by atoms with Gasteiger partial charge in [0.15, 0.2) is 0 Å². The van der Waals surface area contributed by atoms with E-state index in [1.807, 2.05) is 32.9 Å². The van der Waals surface area contributed by atoms with Crippen LogP contribution in [0.25, 0.3) is 11.0 Å². The molecule has 3 aromatic rings. The van der Waals surface area contributed by atoms with E-state index in [0.29, 0.717) is 22.5 Å². The third-order valence-electron chi connectivity index (χ3n) is 4.58. The van der Waals surface area contributed by atoms with E-state index < -0.39 is 5.63 Å². The monoisotopic (exact) mass is 368 g/mol. The Morgan fingerprint density at radius 2 is 1.85 bits per heavy atom. The van der Waals surface area contributed by atoms with Gasteiger partial charge in [-0.25, -0.2) is 9.18 Å². The molecule has 0 atom stereocenters. The lowest BCUT2D eigenvalue weighted by Crippen LogP contribution is -2.14. The highest BCUT2D eigenvalue weighted by Crippen LogP contribution is 2.30. The molecule has 0 saturated heterocycles. The van der Waals surface area contributed by atoms with E-state index >= 15 is 0 Å². The van der Waals surface area contributed by atoms with Gasteiger partial charge in [0.2, 0.25) is 0 Å². The number of ketones is 1. The summed E-state index contributed by atoms with van der Waals surface area (Å²) in [4.78, 5) is 23.7. The minimum Gasteiger partial charge on any atom is -0.488 e. The number of carbonyl (C=O) groups excluding carboxylic acids is 1. The number of hydrogen-bond acceptors (Lipinski definition) is 4. The third-order valence-corrected chi connectivity index (χ3v) is 4.58. The van der Waals surface area contributed by atoms with Crippen molar-refractivity contribution < 1.29 is 18.3 Å². The lowest BCUT2D eigenvalue weighted by molar-refractivity contribution is -0.116. The smallest absolute Gasteiger partial charge is 0.340 e. The van der Waals surface area contributed by atoms with Crippen molar-refractivity contribution >= 4 is 16.8 Å². The van der Waals surface area contributed by atoms with E-state index in [9.17, 15) is 14.0 Å². The molecule has 0 fully saturated rings. The van der Waals surface area contributed by atoms with Gasteiger partial charge in [0, 0.05) is 22.9 Å². The quantitative estimate of drug-likeness (QED) is 0.619. The van der Waals surface area contributed by atoms with Gasteiger partial charge in [0.05, 0.1) is 0 Å². The maximum Gasteiger partial charge on any atom is 0.340 e. The van der Waals surface area contributed by atoms with Crippen molar-refractivity contribution in [3.8, 4) is 5.75 Å². The largest absolute Gasteiger partial charge is 0.488 e. The number of fused-ring (bicyclic) bond motifs is 1. The summed E-state index contributed by atoms with van der Waals surface area (Å²) >= 11 is 0. The van der Waals surface area contributed by atoms with Crippen LogP contribution >= 0.6 is 0 Å². The van der Waals surface area contributed by atoms with Crippen molar-refractivity contribution in [3.63, 3.8) is 0 Å². The van der Waals surface area contributed by atoms with Gasteiger partial charge in [0.25, 0.3) is 0 Å². The fraction of sp³-hybridized carbons (Fsp3) is 0.273. The van der Waals surface area contributed by atoms with Crippen LogP contribution in [0.3, 0.4) is 0 Å². The fourth-order valence-corrected chi connectivity index (χ4v) is 3.24. The zero-order valence-electron chi connectivity index (χ0n) is 15.8. The Kier molecular flexibility index (Phi) is 5.13. The molecule has 4 nitrogen and oxygen atoms in total. The molecule has 0 amide bonds. The standard InChI is InChI=1S/C22H21FO4/c1-12-7-16(10-17(23)8-12)11-26-20-6-5-18-14(3)19(9-13(2)24)22(25)27-21(18)15(20)4/h5-8,10H,9,11H2,1-4H3. The van der Waals surface area contributed by atoms with Gasteiger partial charge in [0.1, 0.15) is 29.5 Å². The molecule has 1 heterocycles. The van der Waals surface area contributed by atoms with Crippen LogP contribution in [0.2, 0.25) is 0 Å². The zero-order chi connectivity index (χ0) is 19.7. The summed E-state index contributed by atoms with van der Waals surface area (Å²) in [5.74, 6) is 0.168. The van der Waals surface area contributed by atoms with Gasteiger partial charge >= 0.3 is 5.63 Å². The van der Waals surface area contributed by atoms with E-state index in [1.165, 1.54) is 19.1 Å². The average Bonchev–Trinajstić information content (AvgIpc) is 2.57. The molecule has 0 aliphatic heterocycles. The normalized spacial score (nSPS) is 11.0. The Hall–Kier alpha value is -2.95. The SMILES string of the molecule is CC(=O)Cc1c(C)c2ccc(OCc3cc(C)cc(F)c3)c(C)c2oc1=O. The number of carbonyl (C=O) groups is 1. The lowest BCUT2D eigenvalue weighted by Gasteiger charge is -2.13. The number of Topliss-reactive ketones (excluding diaryl/α,β-unsaturated/α-hetero) is 1. The van der Waals surface area contributed by atoms with Gasteiger partial charge in [-0.2, -0.15) is 0 Å². The lowest BCUT2D eigenvalue weighted by atomic mass is 10.0. The average molecular weight is 368 g/mol. The summed E-state index contributed by atoms with van der Waals surface area (Å²) in [5.41, 5.74) is 3.30. The van der Waals surface area contributed by atoms with Gasteiger partial charge in [-0.05, 0) is 68.7 Å². The van der Waals surface area contributed by atoms with Crippen molar-refractivity contribution in [3.05, 3.63) is 74.4 Å². The first kappa shape index (κ1) is 18.8. The summed E-state index contributed by atoms with van der Waals surface area (Å²) in [6.07, 6.45) is 0.0559. The molecule has 0 bridgehead atoms. The van der Waals surface area contributed by atoms with Crippen LogP contribution < -0.4 is 10.4 Å². The topological polar surface area (TPSA) is 56.5 Å². The molecular formula is C22H21FO4. The van der Waals surface area contributed by atoms with E-state index in [-0.39, 0.29) is 24.6 Å². The molecule has 3 rings (SSSR count). The van der Waals surface area contributed by atoms with Crippen molar-refractivity contribution in [1.82, 2.24) is 0 Å². The van der Waals surface area contributed by atoms with E-state index in [1.54, 1.807) is 6.07 Å². The molecule has 0 radical (unpaired) electrons. The van der Waals surface area contributed by atoms with Crippen LogP contribution in [0.15, 0.2) is 39.5 Å². The number of benzene rings is 2. The Morgan fingerprint density at radius 1 is 1.11 bits per heavy atom. The molecule has 0 N–H and O–H groups in total. The molecule has 0 unspecified atom stereocenters. The number of rotatable bonds is 5. The predicted octanol–water partition coefficient (Wildman–Crippen LogP) is 4.57. The molecule has 0 aliphatic carbocycles. The summed E-state index contributed by atoms with van der Waals surface area (Å²) in [7, 11) is 0. The molecule has 27 heavy (non-hydrogen) atoms. The number of halogens is 1. The summed E-state index contributed by atoms with van der Waals surface area (Å²) < 4.78 is 24.9. The van der Waals surface area contributed by atoms with Crippen LogP contribution in [0.4, 0.5) is 4.39 Å². The van der Waals surface area contributed by atoms with Crippen molar-refractivity contribution in [2.24, 2.45) is 0 Å². The summed E-state index contributed by atoms with van der Waals surface area (Å²) in [6.45, 7) is 7.09. The van der Waals surface area contributed by atoms with Gasteiger partial charge in [-0.15, -0.1) is 0 Å². The summed E-state index contributed by atoms with van der Waals surface area (Å²) in [6, 6.07) is 8.37. The first-order valence-electron chi connectivity index (χ1n) is 8.70. The van der Waals surface area contributed by atoms with Crippen molar-refractivity contribution in [1.29, 1.82) is 0 Å². The Balaban J connectivity index is 1.97. The fourth-order valence-electron chi connectivity index (χ4n) is 3.24. The van der Waals surface area contributed by atoms with Crippen LogP contribution in [-0.4, -0.2) is 5.78 Å². The van der Waals surface area contributed by atoms with E-state index in [4.69, 9.17) is 9.15 Å². The van der Waals surface area contributed by atoms with Crippen LogP contribution in [0.1, 0.15) is 34.7 Å². The first-order chi connectivity index (χ1) is 12.8. The molecule has 1 aromatic heterocycles. The highest BCUT2D eigenvalue weighted by molar-refractivity contribution is 5.87. The van der Waals surface area contributed by atoms with Gasteiger partial charge < -0.3 is 9.15 Å². The van der Waals surface area contributed by atoms with Crippen LogP contribution in [0, 0.1) is 26.6 Å². The Bertz CT molecular complexity index is 1080. The highest BCUT2D eigenvalue weighted by Gasteiger charge is 2.16. The minimum absolute atomic E-state index is 0.0559. The van der Waals surface area contributed by atoms with Crippen LogP contribution in [-0.2, 0) is 17.8 Å². The maximum absolute atomic E-state index is 13.5. The molecule has 0 saturated carbocycles. The molecule has 140 valence electrons. The second kappa shape index (κ2) is 7.35. The van der Waals surface area contributed by atoms with E-state index in [2.05, 4.69) is 0 Å². The second-order valence-electron chi connectivity index (χ2n) is 6.86. The second-order valence-corrected chi connectivity index (χ2v) is 6.86. The molecule has 2 aromatic carbocycles. The number of hydrogen-bond donors (Lipinski definition) is 0. The maximum atomic E-state index is 13.5. The van der Waals surface area contributed by atoms with Gasteiger partial charge in [-0.1, -0.05) is 6.07 Å². The van der Waals surface area contributed by atoms with E-state index in [0.717, 1.165) is 22.1 Å². The summed E-state index contributed by atoms with van der Waals surface area (Å²) in [5, 5.41) is 0.775. The minimum atomic E-state index is -0.504. The predicted molar refractivity (Wildman–Crippen MR) is 102 cm³/mol. The Labute approximate surface area is 156 Å². The highest BCUT2D eigenvalue weighted by atomic mass is 19.1. The van der Waals surface area contributed by atoms with Gasteiger partial charge in [-0.3, -0.25) is 4.79 Å². The molecule has 0 aliphatic rings. The zero-order valence-corrected chi connectivity index (χ0v) is 15.8.